The number of carbonyl (C=O) groups is 1. The van der Waals surface area contributed by atoms with Gasteiger partial charge in [0.2, 0.25) is 0 Å². The van der Waals surface area contributed by atoms with Crippen LogP contribution in [0.5, 0.6) is 0 Å². The Hall–Kier alpha value is -1.75. The van der Waals surface area contributed by atoms with Crippen molar-refractivity contribution in [3.05, 3.63) is 22.3 Å². The zero-order chi connectivity index (χ0) is 14.9. The van der Waals surface area contributed by atoms with Crippen molar-refractivity contribution < 1.29 is 9.53 Å². The molecule has 1 fully saturated rings. The van der Waals surface area contributed by atoms with Gasteiger partial charge in [-0.3, -0.25) is 0 Å². The lowest BCUT2D eigenvalue weighted by molar-refractivity contribution is 0.0599. The van der Waals surface area contributed by atoms with E-state index in [9.17, 15) is 4.79 Å². The first-order valence-electron chi connectivity index (χ1n) is 6.92. The fourth-order valence-corrected chi connectivity index (χ4v) is 3.00. The molecule has 1 saturated heterocycles. The summed E-state index contributed by atoms with van der Waals surface area (Å²) in [6.07, 6.45) is 0. The zero-order valence-corrected chi connectivity index (χ0v) is 12.7. The molecule has 20 heavy (non-hydrogen) atoms. The van der Waals surface area contributed by atoms with Crippen LogP contribution in [0.4, 0.5) is 11.4 Å². The maximum atomic E-state index is 12.0. The van der Waals surface area contributed by atoms with Crippen LogP contribution in [0.25, 0.3) is 0 Å². The second-order valence-electron chi connectivity index (χ2n) is 5.24. The maximum absolute atomic E-state index is 12.0. The average molecular weight is 277 g/mol. The number of benzene rings is 1. The summed E-state index contributed by atoms with van der Waals surface area (Å²) in [6.45, 7) is 9.61. The van der Waals surface area contributed by atoms with Crippen LogP contribution in [-0.4, -0.2) is 39.3 Å². The molecule has 1 aromatic rings. The third-order valence-electron chi connectivity index (χ3n) is 4.09. The minimum atomic E-state index is -0.317. The van der Waals surface area contributed by atoms with Crippen molar-refractivity contribution in [3.63, 3.8) is 0 Å². The highest BCUT2D eigenvalue weighted by Gasteiger charge is 2.24. The summed E-state index contributed by atoms with van der Waals surface area (Å²) in [5.41, 5.74) is 11.4. The molecule has 0 bridgehead atoms. The minimum Gasteiger partial charge on any atom is -0.465 e. The summed E-state index contributed by atoms with van der Waals surface area (Å²) >= 11 is 0. The summed E-state index contributed by atoms with van der Waals surface area (Å²) in [4.78, 5) is 14.3. The Balaban J connectivity index is 2.61. The van der Waals surface area contributed by atoms with Gasteiger partial charge in [0.15, 0.2) is 0 Å². The lowest BCUT2D eigenvalue weighted by atomic mass is 9.94. The molecule has 0 spiro atoms. The Kier molecular flexibility index (Phi) is 4.18. The van der Waals surface area contributed by atoms with Gasteiger partial charge in [-0.1, -0.05) is 0 Å². The molecule has 5 nitrogen and oxygen atoms in total. The number of nitrogens with zero attached hydrogens (tertiary/aromatic N) is 1. The Morgan fingerprint density at radius 2 is 1.75 bits per heavy atom. The molecule has 1 aliphatic heterocycles. The van der Waals surface area contributed by atoms with Crippen LogP contribution < -0.4 is 16.0 Å². The van der Waals surface area contributed by atoms with Gasteiger partial charge in [-0.2, -0.15) is 0 Å². The highest BCUT2D eigenvalue weighted by molar-refractivity contribution is 5.97. The molecule has 2 rings (SSSR count). The largest absolute Gasteiger partial charge is 0.465 e. The van der Waals surface area contributed by atoms with Crippen molar-refractivity contribution in [2.75, 3.05) is 43.9 Å². The molecule has 0 saturated carbocycles. The van der Waals surface area contributed by atoms with E-state index in [0.717, 1.165) is 48.6 Å². The number of hydrogen-bond donors (Lipinski definition) is 2. The van der Waals surface area contributed by atoms with E-state index in [1.54, 1.807) is 0 Å². The van der Waals surface area contributed by atoms with Gasteiger partial charge in [0, 0.05) is 37.6 Å². The lowest BCUT2D eigenvalue weighted by Gasteiger charge is -2.33. The van der Waals surface area contributed by atoms with Gasteiger partial charge in [0.1, 0.15) is 0 Å². The van der Waals surface area contributed by atoms with Crippen LogP contribution in [0.1, 0.15) is 27.0 Å². The van der Waals surface area contributed by atoms with E-state index in [0.29, 0.717) is 11.3 Å². The molecular weight excluding hydrogens is 254 g/mol. The van der Waals surface area contributed by atoms with Crippen LogP contribution in [0.3, 0.4) is 0 Å². The molecule has 5 heteroatoms. The van der Waals surface area contributed by atoms with Gasteiger partial charge < -0.3 is 20.7 Å². The van der Waals surface area contributed by atoms with E-state index in [2.05, 4.69) is 10.2 Å². The number of nitrogen functional groups attached to an aromatic ring is 1. The number of piperazine rings is 1. The molecule has 110 valence electrons. The van der Waals surface area contributed by atoms with Crippen LogP contribution >= 0.6 is 0 Å². The average Bonchev–Trinajstić information content (AvgIpc) is 2.46. The van der Waals surface area contributed by atoms with Crippen molar-refractivity contribution in [1.29, 1.82) is 0 Å². The van der Waals surface area contributed by atoms with Gasteiger partial charge in [-0.05, 0) is 37.5 Å². The van der Waals surface area contributed by atoms with Crippen LogP contribution in [0, 0.1) is 20.8 Å². The molecule has 0 aliphatic carbocycles. The number of nitrogens with two attached hydrogens (primary N) is 1. The third kappa shape index (κ3) is 2.33. The van der Waals surface area contributed by atoms with Gasteiger partial charge in [-0.15, -0.1) is 0 Å². The molecule has 0 amide bonds. The standard InChI is InChI=1S/C15H23N3O2/c1-9-12(15(19)20-4)10(2)14(11(3)13(9)16)18-7-5-17-6-8-18/h17H,5-8,16H2,1-4H3. The van der Waals surface area contributed by atoms with E-state index < -0.39 is 0 Å². The minimum absolute atomic E-state index is 0.317. The summed E-state index contributed by atoms with van der Waals surface area (Å²) in [5, 5.41) is 3.33. The Bertz CT molecular complexity index is 535. The number of esters is 1. The number of anilines is 2. The highest BCUT2D eigenvalue weighted by Crippen LogP contribution is 2.35. The number of rotatable bonds is 2. The molecule has 3 N–H and O–H groups in total. The molecule has 0 atom stereocenters. The summed E-state index contributed by atoms with van der Waals surface area (Å²) in [6, 6.07) is 0. The summed E-state index contributed by atoms with van der Waals surface area (Å²) < 4.78 is 4.91. The number of hydrogen-bond acceptors (Lipinski definition) is 5. The quantitative estimate of drug-likeness (QED) is 0.631. The highest BCUT2D eigenvalue weighted by atomic mass is 16.5. The molecule has 0 aromatic heterocycles. The lowest BCUT2D eigenvalue weighted by Crippen LogP contribution is -2.44. The molecule has 1 heterocycles. The van der Waals surface area contributed by atoms with Crippen LogP contribution in [0.2, 0.25) is 0 Å². The Labute approximate surface area is 120 Å². The van der Waals surface area contributed by atoms with Crippen molar-refractivity contribution in [2.24, 2.45) is 0 Å². The van der Waals surface area contributed by atoms with E-state index in [1.807, 2.05) is 20.8 Å². The van der Waals surface area contributed by atoms with Gasteiger partial charge in [-0.25, -0.2) is 4.79 Å². The monoisotopic (exact) mass is 277 g/mol. The summed E-state index contributed by atoms with van der Waals surface area (Å²) in [7, 11) is 1.40. The number of nitrogens with one attached hydrogen (secondary N) is 1. The number of methoxy groups -OCH3 is 1. The number of carbonyl (C=O) groups excluding carboxylic acids is 1. The van der Waals surface area contributed by atoms with E-state index in [-0.39, 0.29) is 5.97 Å². The van der Waals surface area contributed by atoms with Crippen LogP contribution in [-0.2, 0) is 4.74 Å². The topological polar surface area (TPSA) is 67.6 Å². The van der Waals surface area contributed by atoms with Crippen LogP contribution in [0.15, 0.2) is 0 Å². The summed E-state index contributed by atoms with van der Waals surface area (Å²) in [5.74, 6) is -0.317. The predicted molar refractivity (Wildman–Crippen MR) is 81.5 cm³/mol. The first kappa shape index (κ1) is 14.7. The second-order valence-corrected chi connectivity index (χ2v) is 5.24. The first-order valence-corrected chi connectivity index (χ1v) is 6.92. The zero-order valence-electron chi connectivity index (χ0n) is 12.7. The van der Waals surface area contributed by atoms with Gasteiger partial charge in [0.05, 0.1) is 12.7 Å². The van der Waals surface area contributed by atoms with Gasteiger partial charge in [0.25, 0.3) is 0 Å². The molecular formula is C15H23N3O2. The first-order chi connectivity index (χ1) is 9.49. The number of ether oxygens (including phenoxy) is 1. The predicted octanol–water partition coefficient (Wildman–Crippen LogP) is 1.39. The van der Waals surface area contributed by atoms with Crippen molar-refractivity contribution in [3.8, 4) is 0 Å². The van der Waals surface area contributed by atoms with E-state index in [1.165, 1.54) is 7.11 Å². The van der Waals surface area contributed by atoms with E-state index in [4.69, 9.17) is 10.5 Å². The molecule has 1 aromatic carbocycles. The fraction of sp³-hybridized carbons (Fsp3) is 0.533. The molecule has 0 unspecified atom stereocenters. The Morgan fingerprint density at radius 1 is 1.15 bits per heavy atom. The van der Waals surface area contributed by atoms with Crippen molar-refractivity contribution in [1.82, 2.24) is 5.32 Å². The third-order valence-corrected chi connectivity index (χ3v) is 4.09. The maximum Gasteiger partial charge on any atom is 0.338 e. The normalized spacial score (nSPS) is 15.3. The van der Waals surface area contributed by atoms with Gasteiger partial charge >= 0.3 is 5.97 Å². The van der Waals surface area contributed by atoms with E-state index >= 15 is 0 Å². The van der Waals surface area contributed by atoms with Crippen molar-refractivity contribution >= 4 is 17.3 Å². The SMILES string of the molecule is COC(=O)c1c(C)c(N)c(C)c(N2CCNCC2)c1C. The fourth-order valence-electron chi connectivity index (χ4n) is 3.00. The second kappa shape index (κ2) is 5.71. The molecule has 1 aliphatic rings. The smallest absolute Gasteiger partial charge is 0.338 e. The van der Waals surface area contributed by atoms with Crippen molar-refractivity contribution in [2.45, 2.75) is 20.8 Å². The Morgan fingerprint density at radius 3 is 2.30 bits per heavy atom. The molecule has 0 radical (unpaired) electrons.